The molecule has 1 rings (SSSR count). The summed E-state index contributed by atoms with van der Waals surface area (Å²) in [5.41, 5.74) is 1.09. The van der Waals surface area contributed by atoms with E-state index < -0.39 is 11.9 Å². The van der Waals surface area contributed by atoms with E-state index in [0.29, 0.717) is 28.7 Å². The van der Waals surface area contributed by atoms with Gasteiger partial charge in [-0.25, -0.2) is 0 Å². The Hall–Kier alpha value is -1.54. The van der Waals surface area contributed by atoms with Crippen LogP contribution in [0.1, 0.15) is 32.8 Å². The normalized spacial score (nSPS) is 12.6. The lowest BCUT2D eigenvalue weighted by Crippen LogP contribution is -2.27. The SMILES string of the molecule is CC(C)(C)CC(CNc1cccc(Br)c1C#N)C(=O)O. The largest absolute Gasteiger partial charge is 0.481 e. The summed E-state index contributed by atoms with van der Waals surface area (Å²) in [5, 5.41) is 21.5. The Morgan fingerprint density at radius 2 is 2.15 bits per heavy atom. The second-order valence-corrected chi connectivity index (χ2v) is 6.81. The predicted molar refractivity (Wildman–Crippen MR) is 82.5 cm³/mol. The molecule has 0 spiro atoms. The molecule has 0 saturated carbocycles. The Labute approximate surface area is 127 Å². The summed E-state index contributed by atoms with van der Waals surface area (Å²) in [6.07, 6.45) is 0.575. The van der Waals surface area contributed by atoms with E-state index in [0.717, 1.165) is 0 Å². The maximum Gasteiger partial charge on any atom is 0.308 e. The number of benzene rings is 1. The van der Waals surface area contributed by atoms with E-state index in [1.807, 2.05) is 26.8 Å². The molecule has 0 fully saturated rings. The van der Waals surface area contributed by atoms with Crippen LogP contribution in [0.2, 0.25) is 0 Å². The molecule has 20 heavy (non-hydrogen) atoms. The lowest BCUT2D eigenvalue weighted by Gasteiger charge is -2.24. The van der Waals surface area contributed by atoms with E-state index in [-0.39, 0.29) is 5.41 Å². The first kappa shape index (κ1) is 16.5. The molecule has 0 aromatic heterocycles. The van der Waals surface area contributed by atoms with Crippen LogP contribution in [0.5, 0.6) is 0 Å². The Morgan fingerprint density at radius 3 is 2.65 bits per heavy atom. The molecule has 2 N–H and O–H groups in total. The molecule has 0 saturated heterocycles. The van der Waals surface area contributed by atoms with E-state index >= 15 is 0 Å². The van der Waals surface area contributed by atoms with Gasteiger partial charge in [0.2, 0.25) is 0 Å². The Balaban J connectivity index is 2.81. The van der Waals surface area contributed by atoms with Gasteiger partial charge in [-0.05, 0) is 39.9 Å². The van der Waals surface area contributed by atoms with Crippen molar-refractivity contribution in [3.63, 3.8) is 0 Å². The summed E-state index contributed by atoms with van der Waals surface area (Å²) >= 11 is 3.31. The van der Waals surface area contributed by atoms with Crippen LogP contribution in [0.3, 0.4) is 0 Å². The van der Waals surface area contributed by atoms with E-state index in [2.05, 4.69) is 27.3 Å². The van der Waals surface area contributed by atoms with Gasteiger partial charge < -0.3 is 10.4 Å². The Morgan fingerprint density at radius 1 is 1.50 bits per heavy atom. The molecular weight excluding hydrogens is 320 g/mol. The fourth-order valence-corrected chi connectivity index (χ4v) is 2.46. The summed E-state index contributed by atoms with van der Waals surface area (Å²) in [4.78, 5) is 11.3. The zero-order valence-electron chi connectivity index (χ0n) is 11.9. The summed E-state index contributed by atoms with van der Waals surface area (Å²) in [5.74, 6) is -1.30. The van der Waals surface area contributed by atoms with Gasteiger partial charge in [0.1, 0.15) is 6.07 Å². The van der Waals surface area contributed by atoms with Gasteiger partial charge in [-0.2, -0.15) is 5.26 Å². The molecule has 1 aromatic rings. The number of hydrogen-bond donors (Lipinski definition) is 2. The summed E-state index contributed by atoms with van der Waals surface area (Å²) in [6.45, 7) is 6.35. The minimum Gasteiger partial charge on any atom is -0.481 e. The summed E-state index contributed by atoms with van der Waals surface area (Å²) in [6, 6.07) is 7.48. The van der Waals surface area contributed by atoms with Crippen LogP contribution in [0.4, 0.5) is 5.69 Å². The standard InChI is InChI=1S/C15H19BrN2O2/c1-15(2,3)7-10(14(19)20)9-18-13-6-4-5-12(16)11(13)8-17/h4-6,10,18H,7,9H2,1-3H3,(H,19,20). The number of carboxylic acid groups (broad SMARTS) is 1. The topological polar surface area (TPSA) is 73.1 Å². The third kappa shape index (κ3) is 4.86. The minimum atomic E-state index is -0.819. The van der Waals surface area contributed by atoms with E-state index in [4.69, 9.17) is 5.26 Å². The highest BCUT2D eigenvalue weighted by Crippen LogP contribution is 2.27. The quantitative estimate of drug-likeness (QED) is 0.854. The van der Waals surface area contributed by atoms with Crippen LogP contribution in [-0.4, -0.2) is 17.6 Å². The first-order valence-electron chi connectivity index (χ1n) is 6.40. The molecule has 0 aliphatic carbocycles. The number of carboxylic acids is 1. The van der Waals surface area contributed by atoms with Gasteiger partial charge in [0.05, 0.1) is 17.2 Å². The van der Waals surface area contributed by atoms with Crippen LogP contribution < -0.4 is 5.32 Å². The third-order valence-electron chi connectivity index (χ3n) is 2.87. The van der Waals surface area contributed by atoms with Crippen LogP contribution in [0.25, 0.3) is 0 Å². The van der Waals surface area contributed by atoms with Gasteiger partial charge in [0.25, 0.3) is 0 Å². The third-order valence-corrected chi connectivity index (χ3v) is 3.53. The second kappa shape index (κ2) is 6.76. The Kier molecular flexibility index (Phi) is 5.58. The number of nitrogens with zero attached hydrogens (tertiary/aromatic N) is 1. The summed E-state index contributed by atoms with van der Waals surface area (Å²) in [7, 11) is 0. The lowest BCUT2D eigenvalue weighted by molar-refractivity contribution is -0.142. The van der Waals surface area contributed by atoms with E-state index in [9.17, 15) is 9.90 Å². The fourth-order valence-electron chi connectivity index (χ4n) is 2.00. The highest BCUT2D eigenvalue weighted by atomic mass is 79.9. The number of carbonyl (C=O) groups is 1. The first-order chi connectivity index (χ1) is 9.24. The average molecular weight is 339 g/mol. The maximum atomic E-state index is 11.3. The second-order valence-electron chi connectivity index (χ2n) is 5.96. The molecular formula is C15H19BrN2O2. The molecule has 1 aromatic carbocycles. The van der Waals surface area contributed by atoms with Gasteiger partial charge in [-0.3, -0.25) is 4.79 Å². The van der Waals surface area contributed by atoms with Crippen molar-refractivity contribution in [2.45, 2.75) is 27.2 Å². The molecule has 4 nitrogen and oxygen atoms in total. The van der Waals surface area contributed by atoms with Crippen LogP contribution in [-0.2, 0) is 4.79 Å². The van der Waals surface area contributed by atoms with Crippen molar-refractivity contribution in [3.05, 3.63) is 28.2 Å². The zero-order valence-corrected chi connectivity index (χ0v) is 13.5. The van der Waals surface area contributed by atoms with Gasteiger partial charge >= 0.3 is 5.97 Å². The van der Waals surface area contributed by atoms with Crippen LogP contribution in [0, 0.1) is 22.7 Å². The number of halogens is 1. The van der Waals surface area contributed by atoms with Crippen LogP contribution in [0.15, 0.2) is 22.7 Å². The zero-order chi connectivity index (χ0) is 15.3. The molecule has 0 amide bonds. The smallest absolute Gasteiger partial charge is 0.308 e. The predicted octanol–water partition coefficient (Wildman–Crippen LogP) is 3.87. The molecule has 0 aliphatic rings. The van der Waals surface area contributed by atoms with Gasteiger partial charge in [0, 0.05) is 11.0 Å². The van der Waals surface area contributed by atoms with Crippen molar-refractivity contribution in [2.75, 3.05) is 11.9 Å². The van der Waals surface area contributed by atoms with E-state index in [1.165, 1.54) is 0 Å². The molecule has 1 atom stereocenters. The van der Waals surface area contributed by atoms with Gasteiger partial charge in [-0.1, -0.05) is 26.8 Å². The minimum absolute atomic E-state index is 0.0555. The highest BCUT2D eigenvalue weighted by molar-refractivity contribution is 9.10. The number of nitriles is 1. The van der Waals surface area contributed by atoms with Crippen molar-refractivity contribution in [1.82, 2.24) is 0 Å². The van der Waals surface area contributed by atoms with Gasteiger partial charge in [-0.15, -0.1) is 0 Å². The highest BCUT2D eigenvalue weighted by Gasteiger charge is 2.24. The number of nitrogens with one attached hydrogen (secondary N) is 1. The van der Waals surface area contributed by atoms with Crippen LogP contribution >= 0.6 is 15.9 Å². The molecule has 0 bridgehead atoms. The fraction of sp³-hybridized carbons (Fsp3) is 0.467. The van der Waals surface area contributed by atoms with E-state index in [1.54, 1.807) is 12.1 Å². The number of hydrogen-bond acceptors (Lipinski definition) is 3. The average Bonchev–Trinajstić information content (AvgIpc) is 2.32. The van der Waals surface area contributed by atoms with Crippen molar-refractivity contribution in [2.24, 2.45) is 11.3 Å². The van der Waals surface area contributed by atoms with Crippen molar-refractivity contribution < 1.29 is 9.90 Å². The molecule has 5 heteroatoms. The molecule has 108 valence electrons. The summed E-state index contributed by atoms with van der Waals surface area (Å²) < 4.78 is 0.702. The monoisotopic (exact) mass is 338 g/mol. The number of aliphatic carboxylic acids is 1. The first-order valence-corrected chi connectivity index (χ1v) is 7.19. The lowest BCUT2D eigenvalue weighted by atomic mass is 9.84. The Bertz CT molecular complexity index is 530. The van der Waals surface area contributed by atoms with Crippen molar-refractivity contribution >= 4 is 27.6 Å². The van der Waals surface area contributed by atoms with Gasteiger partial charge in [0.15, 0.2) is 0 Å². The molecule has 0 heterocycles. The number of rotatable bonds is 5. The molecule has 0 aliphatic heterocycles. The van der Waals surface area contributed by atoms with Crippen molar-refractivity contribution in [3.8, 4) is 6.07 Å². The van der Waals surface area contributed by atoms with Crippen molar-refractivity contribution in [1.29, 1.82) is 5.26 Å². The maximum absolute atomic E-state index is 11.3. The molecule has 1 unspecified atom stereocenters. The molecule has 0 radical (unpaired) electrons. The number of anilines is 1.